The van der Waals surface area contributed by atoms with Gasteiger partial charge in [-0.15, -0.1) is 0 Å². The third-order valence-electron chi connectivity index (χ3n) is 2.01. The molecule has 0 aliphatic heterocycles. The third-order valence-corrected chi connectivity index (χ3v) is 2.01. The molecule has 6 heteroatoms. The molecule has 0 heterocycles. The summed E-state index contributed by atoms with van der Waals surface area (Å²) in [6.45, 7) is 0. The molecular formula is C9H11BO5. The molecule has 0 bridgehead atoms. The van der Waals surface area contributed by atoms with Crippen LogP contribution >= 0.6 is 0 Å². The van der Waals surface area contributed by atoms with Crippen LogP contribution in [0.1, 0.15) is 10.4 Å². The molecule has 0 amide bonds. The average molecular weight is 210 g/mol. The Bertz CT molecular complexity index is 364. The van der Waals surface area contributed by atoms with Crippen LogP contribution in [0.2, 0.25) is 0 Å². The lowest BCUT2D eigenvalue weighted by Crippen LogP contribution is -2.33. The van der Waals surface area contributed by atoms with Gasteiger partial charge in [0.05, 0.1) is 19.8 Å². The zero-order chi connectivity index (χ0) is 11.4. The zero-order valence-electron chi connectivity index (χ0n) is 8.43. The SMILES string of the molecule is COc1ccc(B(O)O)c(C=O)c1OC. The number of benzene rings is 1. The molecule has 1 aromatic rings. The van der Waals surface area contributed by atoms with E-state index in [0.29, 0.717) is 12.0 Å². The van der Waals surface area contributed by atoms with Crippen LogP contribution in [-0.2, 0) is 0 Å². The van der Waals surface area contributed by atoms with E-state index in [1.165, 1.54) is 26.4 Å². The number of hydrogen-bond donors (Lipinski definition) is 2. The summed E-state index contributed by atoms with van der Waals surface area (Å²) in [5, 5.41) is 18.0. The second-order valence-corrected chi connectivity index (χ2v) is 2.80. The second-order valence-electron chi connectivity index (χ2n) is 2.80. The van der Waals surface area contributed by atoms with Crippen molar-refractivity contribution >= 4 is 18.9 Å². The number of carbonyl (C=O) groups excluding carboxylic acids is 1. The Morgan fingerprint density at radius 2 is 1.93 bits per heavy atom. The summed E-state index contributed by atoms with van der Waals surface area (Å²) in [6, 6.07) is 2.90. The second kappa shape index (κ2) is 4.81. The van der Waals surface area contributed by atoms with Gasteiger partial charge in [0, 0.05) is 0 Å². The van der Waals surface area contributed by atoms with E-state index in [4.69, 9.17) is 19.5 Å². The van der Waals surface area contributed by atoms with Gasteiger partial charge in [-0.1, -0.05) is 6.07 Å². The molecule has 0 saturated carbocycles. The van der Waals surface area contributed by atoms with Gasteiger partial charge < -0.3 is 19.5 Å². The van der Waals surface area contributed by atoms with Gasteiger partial charge in [-0.25, -0.2) is 0 Å². The standard InChI is InChI=1S/C9H11BO5/c1-14-8-4-3-7(10(12)13)6(5-11)9(8)15-2/h3-5,12-13H,1-2H3. The average Bonchev–Trinajstić information content (AvgIpc) is 2.26. The fourth-order valence-corrected chi connectivity index (χ4v) is 1.31. The minimum Gasteiger partial charge on any atom is -0.493 e. The molecule has 5 nitrogen and oxygen atoms in total. The van der Waals surface area contributed by atoms with E-state index in [-0.39, 0.29) is 16.8 Å². The number of methoxy groups -OCH3 is 2. The molecule has 2 N–H and O–H groups in total. The van der Waals surface area contributed by atoms with E-state index in [0.717, 1.165) is 0 Å². The van der Waals surface area contributed by atoms with Gasteiger partial charge >= 0.3 is 7.12 Å². The lowest BCUT2D eigenvalue weighted by Gasteiger charge is -2.12. The van der Waals surface area contributed by atoms with E-state index < -0.39 is 7.12 Å². The van der Waals surface area contributed by atoms with Crippen molar-refractivity contribution in [3.8, 4) is 11.5 Å². The van der Waals surface area contributed by atoms with Crippen LogP contribution in [-0.4, -0.2) is 37.7 Å². The molecule has 0 fully saturated rings. The summed E-state index contributed by atoms with van der Waals surface area (Å²) < 4.78 is 9.94. The zero-order valence-corrected chi connectivity index (χ0v) is 8.43. The first-order valence-electron chi connectivity index (χ1n) is 4.21. The van der Waals surface area contributed by atoms with Gasteiger partial charge in [-0.2, -0.15) is 0 Å². The van der Waals surface area contributed by atoms with Crippen molar-refractivity contribution in [1.29, 1.82) is 0 Å². The molecular weight excluding hydrogens is 199 g/mol. The van der Waals surface area contributed by atoms with Gasteiger partial charge in [0.25, 0.3) is 0 Å². The monoisotopic (exact) mass is 210 g/mol. The summed E-state index contributed by atoms with van der Waals surface area (Å²) in [6.07, 6.45) is 0.496. The Balaban J connectivity index is 3.40. The molecule has 80 valence electrons. The van der Waals surface area contributed by atoms with E-state index in [1.54, 1.807) is 0 Å². The highest BCUT2D eigenvalue weighted by Gasteiger charge is 2.21. The number of ether oxygens (including phenoxy) is 2. The molecule has 0 aliphatic rings. The topological polar surface area (TPSA) is 76.0 Å². The summed E-state index contributed by atoms with van der Waals surface area (Å²) in [7, 11) is 1.09. The number of aldehydes is 1. The number of carbonyl (C=O) groups is 1. The van der Waals surface area contributed by atoms with Crippen molar-refractivity contribution in [2.75, 3.05) is 14.2 Å². The Kier molecular flexibility index (Phi) is 3.71. The van der Waals surface area contributed by atoms with Crippen LogP contribution in [0.15, 0.2) is 12.1 Å². The Hall–Kier alpha value is -1.53. The van der Waals surface area contributed by atoms with Crippen LogP contribution in [0.3, 0.4) is 0 Å². The summed E-state index contributed by atoms with van der Waals surface area (Å²) in [5.74, 6) is 0.558. The van der Waals surface area contributed by atoms with Crippen LogP contribution < -0.4 is 14.9 Å². The van der Waals surface area contributed by atoms with Crippen molar-refractivity contribution in [2.45, 2.75) is 0 Å². The van der Waals surface area contributed by atoms with Crippen molar-refractivity contribution in [1.82, 2.24) is 0 Å². The molecule has 1 rings (SSSR count). The molecule has 0 atom stereocenters. The van der Waals surface area contributed by atoms with Gasteiger partial charge in [0.2, 0.25) is 0 Å². The molecule has 1 aromatic carbocycles. The van der Waals surface area contributed by atoms with Crippen molar-refractivity contribution in [3.63, 3.8) is 0 Å². The minimum atomic E-state index is -1.72. The van der Waals surface area contributed by atoms with Gasteiger partial charge in [-0.05, 0) is 11.5 Å². The highest BCUT2D eigenvalue weighted by atomic mass is 16.5. The Morgan fingerprint density at radius 1 is 1.27 bits per heavy atom. The van der Waals surface area contributed by atoms with Crippen molar-refractivity contribution in [3.05, 3.63) is 17.7 Å². The largest absolute Gasteiger partial charge is 0.493 e. The lowest BCUT2D eigenvalue weighted by atomic mass is 9.77. The number of hydrogen-bond acceptors (Lipinski definition) is 5. The summed E-state index contributed by atoms with van der Waals surface area (Å²) >= 11 is 0. The molecule has 0 aromatic heterocycles. The van der Waals surface area contributed by atoms with E-state index in [1.807, 2.05) is 0 Å². The Morgan fingerprint density at radius 3 is 2.33 bits per heavy atom. The highest BCUT2D eigenvalue weighted by molar-refractivity contribution is 6.60. The first kappa shape index (κ1) is 11.5. The summed E-state index contributed by atoms with van der Waals surface area (Å²) in [4.78, 5) is 10.8. The predicted molar refractivity (Wildman–Crippen MR) is 54.8 cm³/mol. The molecule has 0 spiro atoms. The fraction of sp³-hybridized carbons (Fsp3) is 0.222. The van der Waals surface area contributed by atoms with Crippen LogP contribution in [0, 0.1) is 0 Å². The van der Waals surface area contributed by atoms with Crippen molar-refractivity contribution < 1.29 is 24.3 Å². The molecule has 0 radical (unpaired) electrons. The smallest absolute Gasteiger partial charge is 0.489 e. The summed E-state index contributed by atoms with van der Waals surface area (Å²) in [5.41, 5.74) is 0.162. The lowest BCUT2D eigenvalue weighted by molar-refractivity contribution is 0.112. The molecule has 15 heavy (non-hydrogen) atoms. The maximum Gasteiger partial charge on any atom is 0.489 e. The number of rotatable bonds is 4. The molecule has 0 aliphatic carbocycles. The Labute approximate surface area is 87.4 Å². The van der Waals surface area contributed by atoms with Crippen LogP contribution in [0.4, 0.5) is 0 Å². The van der Waals surface area contributed by atoms with E-state index >= 15 is 0 Å². The quantitative estimate of drug-likeness (QED) is 0.502. The minimum absolute atomic E-state index is 0.0758. The normalized spacial score (nSPS) is 9.60. The van der Waals surface area contributed by atoms with Crippen molar-refractivity contribution in [2.24, 2.45) is 0 Å². The predicted octanol–water partition coefficient (Wildman–Crippen LogP) is -0.804. The highest BCUT2D eigenvalue weighted by Crippen LogP contribution is 2.28. The maximum atomic E-state index is 10.8. The van der Waals surface area contributed by atoms with Crippen LogP contribution in [0.25, 0.3) is 0 Å². The van der Waals surface area contributed by atoms with Crippen LogP contribution in [0.5, 0.6) is 11.5 Å². The van der Waals surface area contributed by atoms with E-state index in [2.05, 4.69) is 0 Å². The fourth-order valence-electron chi connectivity index (χ4n) is 1.31. The van der Waals surface area contributed by atoms with Gasteiger partial charge in [0.1, 0.15) is 0 Å². The molecule has 0 saturated heterocycles. The first-order valence-corrected chi connectivity index (χ1v) is 4.21. The third kappa shape index (κ3) is 2.11. The molecule has 0 unspecified atom stereocenters. The first-order chi connectivity index (χ1) is 7.15. The van der Waals surface area contributed by atoms with E-state index in [9.17, 15) is 4.79 Å². The van der Waals surface area contributed by atoms with Gasteiger partial charge in [0.15, 0.2) is 17.8 Å². The van der Waals surface area contributed by atoms with Gasteiger partial charge in [-0.3, -0.25) is 4.79 Å². The maximum absolute atomic E-state index is 10.8.